The van der Waals surface area contributed by atoms with E-state index in [9.17, 15) is 10.1 Å². The van der Waals surface area contributed by atoms with Crippen molar-refractivity contribution < 1.29 is 9.66 Å². The molecule has 7 nitrogen and oxygen atoms in total. The Morgan fingerprint density at radius 1 is 1.63 bits per heavy atom. The van der Waals surface area contributed by atoms with Gasteiger partial charge in [-0.25, -0.2) is 4.68 Å². The van der Waals surface area contributed by atoms with Gasteiger partial charge in [0, 0.05) is 20.2 Å². The SMILES string of the molecule is CCc1nn(C)c(NCCC2CCCO2)c1[N+](=O)[O-]. The highest BCUT2D eigenvalue weighted by atomic mass is 16.6. The first-order chi connectivity index (χ1) is 9.13. The van der Waals surface area contributed by atoms with Gasteiger partial charge in [-0.05, 0) is 25.7 Å². The Hall–Kier alpha value is -1.63. The molecule has 2 heterocycles. The van der Waals surface area contributed by atoms with Crippen molar-refractivity contribution in [3.05, 3.63) is 15.8 Å². The van der Waals surface area contributed by atoms with Crippen LogP contribution < -0.4 is 5.32 Å². The molecule has 1 unspecified atom stereocenters. The number of rotatable bonds is 6. The number of ether oxygens (including phenoxy) is 1. The van der Waals surface area contributed by atoms with Gasteiger partial charge in [-0.1, -0.05) is 6.92 Å². The first-order valence-electron chi connectivity index (χ1n) is 6.69. The van der Waals surface area contributed by atoms with Gasteiger partial charge in [-0.2, -0.15) is 5.10 Å². The molecule has 1 saturated heterocycles. The van der Waals surface area contributed by atoms with Gasteiger partial charge < -0.3 is 10.1 Å². The zero-order valence-corrected chi connectivity index (χ0v) is 11.4. The molecule has 0 spiro atoms. The summed E-state index contributed by atoms with van der Waals surface area (Å²) in [5, 5.41) is 18.4. The summed E-state index contributed by atoms with van der Waals surface area (Å²) in [6.07, 6.45) is 3.89. The van der Waals surface area contributed by atoms with E-state index >= 15 is 0 Å². The molecule has 0 radical (unpaired) electrons. The molecular weight excluding hydrogens is 248 g/mol. The van der Waals surface area contributed by atoms with E-state index in [0.29, 0.717) is 24.5 Å². The minimum Gasteiger partial charge on any atom is -0.378 e. The van der Waals surface area contributed by atoms with Crippen LogP contribution in [0, 0.1) is 10.1 Å². The van der Waals surface area contributed by atoms with Crippen molar-refractivity contribution in [2.45, 2.75) is 38.7 Å². The smallest absolute Gasteiger partial charge is 0.333 e. The van der Waals surface area contributed by atoms with E-state index in [1.54, 1.807) is 11.7 Å². The monoisotopic (exact) mass is 268 g/mol. The molecule has 1 atom stereocenters. The lowest BCUT2D eigenvalue weighted by Gasteiger charge is -2.10. The highest BCUT2D eigenvalue weighted by Crippen LogP contribution is 2.28. The topological polar surface area (TPSA) is 82.2 Å². The lowest BCUT2D eigenvalue weighted by molar-refractivity contribution is -0.384. The predicted octanol–water partition coefficient (Wildman–Crippen LogP) is 1.87. The Morgan fingerprint density at radius 2 is 2.42 bits per heavy atom. The fourth-order valence-electron chi connectivity index (χ4n) is 2.42. The minimum atomic E-state index is -0.361. The van der Waals surface area contributed by atoms with E-state index in [2.05, 4.69) is 10.4 Å². The van der Waals surface area contributed by atoms with Crippen LogP contribution >= 0.6 is 0 Å². The molecular formula is C12H20N4O3. The van der Waals surface area contributed by atoms with Gasteiger partial charge in [0.1, 0.15) is 5.69 Å². The second-order valence-corrected chi connectivity index (χ2v) is 4.73. The molecule has 1 N–H and O–H groups in total. The van der Waals surface area contributed by atoms with Gasteiger partial charge in [0.25, 0.3) is 0 Å². The molecule has 106 valence electrons. The first-order valence-corrected chi connectivity index (χ1v) is 6.69. The molecule has 0 aliphatic carbocycles. The Balaban J connectivity index is 2.02. The summed E-state index contributed by atoms with van der Waals surface area (Å²) in [5.41, 5.74) is 0.615. The number of nitrogens with one attached hydrogen (secondary N) is 1. The van der Waals surface area contributed by atoms with Crippen molar-refractivity contribution in [2.75, 3.05) is 18.5 Å². The van der Waals surface area contributed by atoms with Crippen molar-refractivity contribution in [3.63, 3.8) is 0 Å². The van der Waals surface area contributed by atoms with E-state index < -0.39 is 0 Å². The van der Waals surface area contributed by atoms with E-state index in [1.807, 2.05) is 6.92 Å². The van der Waals surface area contributed by atoms with Crippen molar-refractivity contribution in [1.82, 2.24) is 9.78 Å². The minimum absolute atomic E-state index is 0.0948. The third kappa shape index (κ3) is 3.04. The average Bonchev–Trinajstić information content (AvgIpc) is 2.97. The number of nitro groups is 1. The number of hydrogen-bond acceptors (Lipinski definition) is 5. The van der Waals surface area contributed by atoms with E-state index in [-0.39, 0.29) is 16.7 Å². The molecule has 0 saturated carbocycles. The van der Waals surface area contributed by atoms with Crippen LogP contribution in [0.5, 0.6) is 0 Å². The Morgan fingerprint density at radius 3 is 3.00 bits per heavy atom. The molecule has 0 aromatic carbocycles. The molecule has 19 heavy (non-hydrogen) atoms. The molecule has 1 aromatic rings. The maximum Gasteiger partial charge on any atom is 0.333 e. The Bertz CT molecular complexity index is 452. The summed E-state index contributed by atoms with van der Waals surface area (Å²) in [6, 6.07) is 0. The van der Waals surface area contributed by atoms with Crippen molar-refractivity contribution in [3.8, 4) is 0 Å². The largest absolute Gasteiger partial charge is 0.378 e. The molecule has 0 amide bonds. The van der Waals surface area contributed by atoms with Gasteiger partial charge >= 0.3 is 5.69 Å². The fourth-order valence-corrected chi connectivity index (χ4v) is 2.42. The van der Waals surface area contributed by atoms with Crippen LogP contribution in [0.15, 0.2) is 0 Å². The predicted molar refractivity (Wildman–Crippen MR) is 71.3 cm³/mol. The number of nitrogens with zero attached hydrogens (tertiary/aromatic N) is 3. The molecule has 2 rings (SSSR count). The van der Waals surface area contributed by atoms with E-state index in [4.69, 9.17) is 4.74 Å². The normalized spacial score (nSPS) is 18.7. The van der Waals surface area contributed by atoms with Crippen LogP contribution in [0.1, 0.15) is 31.9 Å². The van der Waals surface area contributed by atoms with Crippen LogP contribution in [0.25, 0.3) is 0 Å². The Kier molecular flexibility index (Phi) is 4.36. The second-order valence-electron chi connectivity index (χ2n) is 4.73. The van der Waals surface area contributed by atoms with Crippen LogP contribution in [0.2, 0.25) is 0 Å². The van der Waals surface area contributed by atoms with Crippen LogP contribution in [-0.2, 0) is 18.2 Å². The Labute approximate surface area is 112 Å². The van der Waals surface area contributed by atoms with Crippen LogP contribution in [-0.4, -0.2) is 34.0 Å². The number of aryl methyl sites for hydroxylation is 2. The van der Waals surface area contributed by atoms with Crippen molar-refractivity contribution in [2.24, 2.45) is 7.05 Å². The van der Waals surface area contributed by atoms with Crippen molar-refractivity contribution in [1.29, 1.82) is 0 Å². The van der Waals surface area contributed by atoms with E-state index in [1.165, 1.54) is 0 Å². The molecule has 1 aliphatic rings. The summed E-state index contributed by atoms with van der Waals surface area (Å²) in [6.45, 7) is 3.36. The number of hydrogen-bond donors (Lipinski definition) is 1. The molecule has 1 aromatic heterocycles. The maximum atomic E-state index is 11.1. The standard InChI is InChI=1S/C12H20N4O3/c1-3-10-11(16(17)18)12(15(2)14-10)13-7-6-9-5-4-8-19-9/h9,13H,3-8H2,1-2H3. The highest BCUT2D eigenvalue weighted by molar-refractivity contribution is 5.59. The summed E-state index contributed by atoms with van der Waals surface area (Å²) >= 11 is 0. The van der Waals surface area contributed by atoms with Crippen LogP contribution in [0.3, 0.4) is 0 Å². The van der Waals surface area contributed by atoms with E-state index in [0.717, 1.165) is 25.9 Å². The third-order valence-corrected chi connectivity index (χ3v) is 3.39. The molecule has 0 bridgehead atoms. The summed E-state index contributed by atoms with van der Waals surface area (Å²) in [4.78, 5) is 10.8. The summed E-state index contributed by atoms with van der Waals surface area (Å²) in [5.74, 6) is 0.486. The summed E-state index contributed by atoms with van der Waals surface area (Å²) in [7, 11) is 1.72. The summed E-state index contributed by atoms with van der Waals surface area (Å²) < 4.78 is 7.08. The van der Waals surface area contributed by atoms with Gasteiger partial charge in [-0.3, -0.25) is 10.1 Å². The first kappa shape index (κ1) is 13.8. The second kappa shape index (κ2) is 6.01. The van der Waals surface area contributed by atoms with Gasteiger partial charge in [0.15, 0.2) is 0 Å². The lowest BCUT2D eigenvalue weighted by Crippen LogP contribution is -2.14. The number of aromatic nitrogens is 2. The third-order valence-electron chi connectivity index (χ3n) is 3.39. The zero-order chi connectivity index (χ0) is 13.8. The molecule has 7 heteroatoms. The van der Waals surface area contributed by atoms with Crippen LogP contribution in [0.4, 0.5) is 11.5 Å². The average molecular weight is 268 g/mol. The van der Waals surface area contributed by atoms with Crippen molar-refractivity contribution >= 4 is 11.5 Å². The lowest BCUT2D eigenvalue weighted by atomic mass is 10.2. The highest BCUT2D eigenvalue weighted by Gasteiger charge is 2.25. The number of anilines is 1. The fraction of sp³-hybridized carbons (Fsp3) is 0.750. The maximum absolute atomic E-state index is 11.1. The molecule has 1 fully saturated rings. The van der Waals surface area contributed by atoms with Gasteiger partial charge in [-0.15, -0.1) is 0 Å². The quantitative estimate of drug-likeness (QED) is 0.629. The van der Waals surface area contributed by atoms with Gasteiger partial charge in [0.05, 0.1) is 11.0 Å². The molecule has 1 aliphatic heterocycles. The van der Waals surface area contributed by atoms with Gasteiger partial charge in [0.2, 0.25) is 5.82 Å². The zero-order valence-electron chi connectivity index (χ0n) is 11.4.